The minimum absolute atomic E-state index is 0.875. The predicted molar refractivity (Wildman–Crippen MR) is 83.3 cm³/mol. The van der Waals surface area contributed by atoms with Gasteiger partial charge in [-0.2, -0.15) is 0 Å². The lowest BCUT2D eigenvalue weighted by Crippen LogP contribution is -1.97. The Bertz CT molecular complexity index is 728. The molecule has 3 nitrogen and oxygen atoms in total. The summed E-state index contributed by atoms with van der Waals surface area (Å²) in [4.78, 5) is 4.67. The lowest BCUT2D eigenvalue weighted by atomic mass is 10.1. The molecule has 0 fully saturated rings. The van der Waals surface area contributed by atoms with Crippen LogP contribution in [0.2, 0.25) is 0 Å². The van der Waals surface area contributed by atoms with Crippen molar-refractivity contribution in [2.45, 2.75) is 20.3 Å². The molecule has 3 aromatic rings. The molecule has 1 N–H and O–H groups in total. The Morgan fingerprint density at radius 3 is 2.85 bits per heavy atom. The Balaban J connectivity index is 1.89. The molecule has 0 spiro atoms. The number of nitrogens with one attached hydrogen (secondary N) is 1. The van der Waals surface area contributed by atoms with Gasteiger partial charge in [-0.25, -0.2) is 4.98 Å². The molecule has 0 aliphatic carbocycles. The molecule has 1 aromatic carbocycles. The van der Waals surface area contributed by atoms with Crippen molar-refractivity contribution in [3.8, 4) is 0 Å². The molecule has 2 aromatic heterocycles. The maximum absolute atomic E-state index is 4.67. The molecule has 0 aliphatic heterocycles. The van der Waals surface area contributed by atoms with Crippen molar-refractivity contribution >= 4 is 11.3 Å². The summed E-state index contributed by atoms with van der Waals surface area (Å²) < 4.78 is 2.09. The van der Waals surface area contributed by atoms with Gasteiger partial charge in [-0.15, -0.1) is 0 Å². The van der Waals surface area contributed by atoms with Crippen molar-refractivity contribution in [2.24, 2.45) is 0 Å². The van der Waals surface area contributed by atoms with Gasteiger partial charge in [-0.1, -0.05) is 29.8 Å². The third-order valence-electron chi connectivity index (χ3n) is 3.35. The van der Waals surface area contributed by atoms with E-state index in [0.717, 1.165) is 30.0 Å². The molecule has 0 amide bonds. The number of hydrogen-bond donors (Lipinski definition) is 1. The first kappa shape index (κ1) is 12.7. The third kappa shape index (κ3) is 2.67. The van der Waals surface area contributed by atoms with E-state index in [1.165, 1.54) is 11.1 Å². The van der Waals surface area contributed by atoms with Crippen molar-refractivity contribution in [2.75, 3.05) is 11.9 Å². The molecule has 3 rings (SSSR count). The number of rotatable bonds is 4. The van der Waals surface area contributed by atoms with Crippen LogP contribution in [0.15, 0.2) is 48.8 Å². The van der Waals surface area contributed by atoms with Crippen LogP contribution >= 0.6 is 0 Å². The monoisotopic (exact) mass is 265 g/mol. The fourth-order valence-corrected chi connectivity index (χ4v) is 2.47. The zero-order valence-corrected chi connectivity index (χ0v) is 11.9. The number of benzene rings is 1. The van der Waals surface area contributed by atoms with Crippen LogP contribution in [0.3, 0.4) is 0 Å². The molecule has 0 aliphatic rings. The Hall–Kier alpha value is -2.29. The van der Waals surface area contributed by atoms with Crippen molar-refractivity contribution in [3.05, 3.63) is 65.6 Å². The third-order valence-corrected chi connectivity index (χ3v) is 3.35. The largest absolute Gasteiger partial charge is 0.384 e. The average molecular weight is 265 g/mol. The highest BCUT2D eigenvalue weighted by atomic mass is 15.0. The number of nitrogens with zero attached hydrogens (tertiary/aromatic N) is 2. The van der Waals surface area contributed by atoms with Crippen molar-refractivity contribution < 1.29 is 0 Å². The number of fused-ring (bicyclic) bond motifs is 1. The predicted octanol–water partition coefficient (Wildman–Crippen LogP) is 3.67. The average Bonchev–Trinajstić information content (AvgIpc) is 2.80. The van der Waals surface area contributed by atoms with Gasteiger partial charge in [0, 0.05) is 25.4 Å². The SMILES string of the molecule is CCNc1ccc2nc(Cc3cccc(C)c3)cn2c1. The number of aromatic nitrogens is 2. The van der Waals surface area contributed by atoms with Crippen LogP contribution in [-0.2, 0) is 6.42 Å². The molecular weight excluding hydrogens is 246 g/mol. The van der Waals surface area contributed by atoms with E-state index < -0.39 is 0 Å². The topological polar surface area (TPSA) is 29.3 Å². The number of hydrogen-bond acceptors (Lipinski definition) is 2. The van der Waals surface area contributed by atoms with E-state index in [1.807, 2.05) is 0 Å². The molecule has 2 heterocycles. The number of pyridine rings is 1. The van der Waals surface area contributed by atoms with Gasteiger partial charge in [-0.3, -0.25) is 0 Å². The summed E-state index contributed by atoms with van der Waals surface area (Å²) in [5.74, 6) is 0. The zero-order valence-electron chi connectivity index (χ0n) is 11.9. The maximum Gasteiger partial charge on any atom is 0.137 e. The summed E-state index contributed by atoms with van der Waals surface area (Å²) in [7, 11) is 0. The van der Waals surface area contributed by atoms with Crippen LogP contribution in [0.25, 0.3) is 5.65 Å². The van der Waals surface area contributed by atoms with E-state index in [2.05, 4.69) is 77.3 Å². The molecule has 0 atom stereocenters. The van der Waals surface area contributed by atoms with Gasteiger partial charge in [-0.05, 0) is 31.5 Å². The van der Waals surface area contributed by atoms with Gasteiger partial charge < -0.3 is 9.72 Å². The molecule has 0 saturated carbocycles. The summed E-state index contributed by atoms with van der Waals surface area (Å²) in [6.07, 6.45) is 5.07. The minimum Gasteiger partial charge on any atom is -0.384 e. The summed E-state index contributed by atoms with van der Waals surface area (Å²) in [6.45, 7) is 5.15. The molecule has 20 heavy (non-hydrogen) atoms. The second-order valence-electron chi connectivity index (χ2n) is 5.11. The first-order valence-corrected chi connectivity index (χ1v) is 7.01. The smallest absolute Gasteiger partial charge is 0.137 e. The van der Waals surface area contributed by atoms with E-state index in [-0.39, 0.29) is 0 Å². The van der Waals surface area contributed by atoms with Crippen LogP contribution in [0.1, 0.15) is 23.7 Å². The maximum atomic E-state index is 4.67. The highest BCUT2D eigenvalue weighted by molar-refractivity contribution is 5.51. The van der Waals surface area contributed by atoms with Gasteiger partial charge in [0.05, 0.1) is 11.4 Å². The first-order chi connectivity index (χ1) is 9.74. The molecule has 102 valence electrons. The van der Waals surface area contributed by atoms with Gasteiger partial charge in [0.1, 0.15) is 5.65 Å². The van der Waals surface area contributed by atoms with E-state index >= 15 is 0 Å². The van der Waals surface area contributed by atoms with Crippen LogP contribution in [0.5, 0.6) is 0 Å². The lowest BCUT2D eigenvalue weighted by Gasteiger charge is -2.02. The van der Waals surface area contributed by atoms with Crippen LogP contribution in [-0.4, -0.2) is 15.9 Å². The zero-order chi connectivity index (χ0) is 13.9. The fraction of sp³-hybridized carbons (Fsp3) is 0.235. The van der Waals surface area contributed by atoms with Gasteiger partial charge >= 0.3 is 0 Å². The van der Waals surface area contributed by atoms with Gasteiger partial charge in [0.2, 0.25) is 0 Å². The quantitative estimate of drug-likeness (QED) is 0.780. The number of imidazole rings is 1. The Labute approximate surface area is 119 Å². The van der Waals surface area contributed by atoms with E-state index in [9.17, 15) is 0 Å². The highest BCUT2D eigenvalue weighted by Crippen LogP contribution is 2.14. The minimum atomic E-state index is 0.875. The van der Waals surface area contributed by atoms with Gasteiger partial charge in [0.25, 0.3) is 0 Å². The van der Waals surface area contributed by atoms with E-state index in [0.29, 0.717) is 0 Å². The second kappa shape index (κ2) is 5.37. The van der Waals surface area contributed by atoms with Crippen molar-refractivity contribution in [1.29, 1.82) is 0 Å². The fourth-order valence-electron chi connectivity index (χ4n) is 2.47. The van der Waals surface area contributed by atoms with Crippen LogP contribution in [0, 0.1) is 6.92 Å². The van der Waals surface area contributed by atoms with Crippen LogP contribution < -0.4 is 5.32 Å². The second-order valence-corrected chi connectivity index (χ2v) is 5.11. The molecule has 0 radical (unpaired) electrons. The Morgan fingerprint density at radius 1 is 1.15 bits per heavy atom. The number of aryl methyl sites for hydroxylation is 1. The summed E-state index contributed by atoms with van der Waals surface area (Å²) in [5.41, 5.74) is 5.82. The molecule has 0 unspecified atom stereocenters. The summed E-state index contributed by atoms with van der Waals surface area (Å²) in [5, 5.41) is 3.32. The Morgan fingerprint density at radius 2 is 2.05 bits per heavy atom. The molecule has 0 bridgehead atoms. The van der Waals surface area contributed by atoms with Gasteiger partial charge in [0.15, 0.2) is 0 Å². The number of anilines is 1. The van der Waals surface area contributed by atoms with E-state index in [4.69, 9.17) is 0 Å². The summed E-state index contributed by atoms with van der Waals surface area (Å²) >= 11 is 0. The Kier molecular flexibility index (Phi) is 3.42. The van der Waals surface area contributed by atoms with Crippen LogP contribution in [0.4, 0.5) is 5.69 Å². The summed E-state index contributed by atoms with van der Waals surface area (Å²) in [6, 6.07) is 12.7. The standard InChI is InChI=1S/C17H19N3/c1-3-18-15-7-8-17-19-16(12-20(17)11-15)10-14-6-4-5-13(2)9-14/h4-9,11-12,18H,3,10H2,1-2H3. The van der Waals surface area contributed by atoms with E-state index in [1.54, 1.807) is 0 Å². The lowest BCUT2D eigenvalue weighted by molar-refractivity contribution is 1.11. The molecular formula is C17H19N3. The van der Waals surface area contributed by atoms with Crippen molar-refractivity contribution in [3.63, 3.8) is 0 Å². The normalized spacial score (nSPS) is 10.9. The molecule has 3 heteroatoms. The highest BCUT2D eigenvalue weighted by Gasteiger charge is 2.04. The molecule has 0 saturated heterocycles. The first-order valence-electron chi connectivity index (χ1n) is 7.01. The van der Waals surface area contributed by atoms with Crippen molar-refractivity contribution in [1.82, 2.24) is 9.38 Å².